The maximum absolute atomic E-state index is 12.2. The molecular weight excluding hydrogens is 337 g/mol. The van der Waals surface area contributed by atoms with E-state index in [4.69, 9.17) is 0 Å². The summed E-state index contributed by atoms with van der Waals surface area (Å²) >= 11 is 0. The van der Waals surface area contributed by atoms with Crippen LogP contribution >= 0.6 is 0 Å². The van der Waals surface area contributed by atoms with Crippen molar-refractivity contribution in [3.8, 4) is 11.8 Å². The van der Waals surface area contributed by atoms with Gasteiger partial charge in [0.25, 0.3) is 0 Å². The number of ether oxygens (including phenoxy) is 1. The molecule has 0 aromatic carbocycles. The quantitative estimate of drug-likeness (QED) is 0.360. The minimum absolute atomic E-state index is 0.210. The number of halogens is 3. The lowest BCUT2D eigenvalue weighted by Gasteiger charge is -2.26. The van der Waals surface area contributed by atoms with Crippen LogP contribution in [0.4, 0.5) is 13.2 Å². The van der Waals surface area contributed by atoms with E-state index in [9.17, 15) is 13.2 Å². The average molecular weight is 370 g/mol. The summed E-state index contributed by atoms with van der Waals surface area (Å²) in [5.74, 6) is 8.13. The summed E-state index contributed by atoms with van der Waals surface area (Å²) in [5, 5.41) is 0. The Morgan fingerprint density at radius 2 is 1.65 bits per heavy atom. The second kappa shape index (κ2) is 11.0. The summed E-state index contributed by atoms with van der Waals surface area (Å²) in [6, 6.07) is 0. The molecule has 0 aliphatic heterocycles. The molecule has 0 spiro atoms. The van der Waals surface area contributed by atoms with Crippen LogP contribution in [0.25, 0.3) is 0 Å². The molecule has 2 aliphatic carbocycles. The first kappa shape index (κ1) is 21.4. The van der Waals surface area contributed by atoms with Crippen molar-refractivity contribution in [3.05, 3.63) is 12.2 Å². The normalized spacial score (nSPS) is 30.2. The first-order valence-corrected chi connectivity index (χ1v) is 10.4. The molecule has 0 N–H and O–H groups in total. The molecule has 0 aromatic heterocycles. The molecule has 0 radical (unpaired) electrons. The smallest absolute Gasteiger partial charge is 0.289 e. The van der Waals surface area contributed by atoms with Crippen molar-refractivity contribution in [3.63, 3.8) is 0 Å². The number of hydrogen-bond acceptors (Lipinski definition) is 1. The Morgan fingerprint density at radius 1 is 0.962 bits per heavy atom. The maximum Gasteiger partial charge on any atom is 0.522 e. The third kappa shape index (κ3) is 8.62. The standard InChI is InChI=1S/C22H33F3O/c1-2-3-4-7-18-10-12-19(13-11-18)8-5-6-9-20-14-16-21(17-15-20)26-22(23,24)25/h5,8,18-21H,2-4,7,10-17H2,1H3/t18-,19-,20-,21-. The Morgan fingerprint density at radius 3 is 2.27 bits per heavy atom. The number of alkyl halides is 3. The number of unbranched alkanes of at least 4 members (excludes halogenated alkanes) is 2. The van der Waals surface area contributed by atoms with Crippen molar-refractivity contribution in [2.75, 3.05) is 0 Å². The second-order valence-electron chi connectivity index (χ2n) is 7.96. The largest absolute Gasteiger partial charge is 0.522 e. The van der Waals surface area contributed by atoms with Crippen LogP contribution in [0.1, 0.15) is 84.0 Å². The highest BCUT2D eigenvalue weighted by atomic mass is 19.4. The molecule has 0 heterocycles. The zero-order valence-electron chi connectivity index (χ0n) is 16.0. The van der Waals surface area contributed by atoms with Crippen LogP contribution in [0.2, 0.25) is 0 Å². The lowest BCUT2D eigenvalue weighted by atomic mass is 9.79. The third-order valence-electron chi connectivity index (χ3n) is 5.82. The van der Waals surface area contributed by atoms with E-state index in [1.54, 1.807) is 0 Å². The molecule has 0 saturated heterocycles. The zero-order chi connectivity index (χ0) is 18.8. The predicted octanol–water partition coefficient (Wildman–Crippen LogP) is 7.03. The molecule has 26 heavy (non-hydrogen) atoms. The minimum atomic E-state index is -4.51. The highest BCUT2D eigenvalue weighted by molar-refractivity contribution is 5.18. The molecule has 0 unspecified atom stereocenters. The lowest BCUT2D eigenvalue weighted by molar-refractivity contribution is -0.345. The highest BCUT2D eigenvalue weighted by Crippen LogP contribution is 2.33. The van der Waals surface area contributed by atoms with E-state index < -0.39 is 12.5 Å². The maximum atomic E-state index is 12.2. The minimum Gasteiger partial charge on any atom is -0.289 e. The first-order chi connectivity index (χ1) is 12.5. The Labute approximate surface area is 156 Å². The summed E-state index contributed by atoms with van der Waals surface area (Å²) in [4.78, 5) is 0. The van der Waals surface area contributed by atoms with Gasteiger partial charge in [0.15, 0.2) is 0 Å². The molecule has 0 atom stereocenters. The lowest BCUT2D eigenvalue weighted by Crippen LogP contribution is -2.27. The number of allylic oxidation sites excluding steroid dienone is 2. The summed E-state index contributed by atoms with van der Waals surface area (Å²) in [6.07, 6.45) is 12.0. The van der Waals surface area contributed by atoms with Gasteiger partial charge in [0.1, 0.15) is 0 Å². The van der Waals surface area contributed by atoms with Gasteiger partial charge < -0.3 is 0 Å². The molecule has 0 bridgehead atoms. The fourth-order valence-corrected chi connectivity index (χ4v) is 4.22. The van der Waals surface area contributed by atoms with E-state index in [0.717, 1.165) is 5.92 Å². The van der Waals surface area contributed by atoms with Gasteiger partial charge in [0.05, 0.1) is 6.10 Å². The van der Waals surface area contributed by atoms with E-state index in [1.807, 2.05) is 6.08 Å². The first-order valence-electron chi connectivity index (χ1n) is 10.4. The van der Waals surface area contributed by atoms with Gasteiger partial charge in [0, 0.05) is 5.92 Å². The third-order valence-corrected chi connectivity index (χ3v) is 5.82. The van der Waals surface area contributed by atoms with Gasteiger partial charge in [-0.2, -0.15) is 0 Å². The van der Waals surface area contributed by atoms with Gasteiger partial charge in [-0.1, -0.05) is 50.5 Å². The monoisotopic (exact) mass is 370 g/mol. The van der Waals surface area contributed by atoms with Gasteiger partial charge in [-0.05, 0) is 69.3 Å². The fraction of sp³-hybridized carbons (Fsp3) is 0.818. The molecule has 2 fully saturated rings. The van der Waals surface area contributed by atoms with Crippen molar-refractivity contribution in [1.82, 2.24) is 0 Å². The highest BCUT2D eigenvalue weighted by Gasteiger charge is 2.35. The van der Waals surface area contributed by atoms with Gasteiger partial charge in [-0.3, -0.25) is 4.74 Å². The average Bonchev–Trinajstić information content (AvgIpc) is 2.60. The molecule has 0 aromatic rings. The Kier molecular flexibility index (Phi) is 9.05. The molecule has 4 heteroatoms. The van der Waals surface area contributed by atoms with Crippen molar-refractivity contribution >= 4 is 0 Å². The van der Waals surface area contributed by atoms with Gasteiger partial charge in [0.2, 0.25) is 0 Å². The van der Waals surface area contributed by atoms with E-state index in [1.165, 1.54) is 51.4 Å². The fourth-order valence-electron chi connectivity index (χ4n) is 4.22. The number of rotatable bonds is 6. The SMILES string of the molecule is CCCCC[C@H]1CC[C@H](C=CC#C[C@H]2CC[C@H](OC(F)(F)F)CC2)CC1. The molecule has 0 amide bonds. The van der Waals surface area contributed by atoms with Crippen molar-refractivity contribution < 1.29 is 17.9 Å². The summed E-state index contributed by atoms with van der Waals surface area (Å²) in [7, 11) is 0. The van der Waals surface area contributed by atoms with E-state index >= 15 is 0 Å². The van der Waals surface area contributed by atoms with Crippen molar-refractivity contribution in [2.45, 2.75) is 96.4 Å². The van der Waals surface area contributed by atoms with Gasteiger partial charge in [-0.15, -0.1) is 13.2 Å². The molecule has 1 nitrogen and oxygen atoms in total. The van der Waals surface area contributed by atoms with Crippen LogP contribution in [-0.2, 0) is 4.74 Å². The molecule has 148 valence electrons. The summed E-state index contributed by atoms with van der Waals surface area (Å²) in [6.45, 7) is 2.25. The Balaban J connectivity index is 1.62. The summed E-state index contributed by atoms with van der Waals surface area (Å²) < 4.78 is 40.7. The zero-order valence-corrected chi connectivity index (χ0v) is 16.0. The molecule has 2 aliphatic rings. The topological polar surface area (TPSA) is 9.23 Å². The molecular formula is C22H33F3O. The number of hydrogen-bond donors (Lipinski definition) is 0. The van der Waals surface area contributed by atoms with Crippen LogP contribution in [0.5, 0.6) is 0 Å². The van der Waals surface area contributed by atoms with Crippen LogP contribution < -0.4 is 0 Å². The summed E-state index contributed by atoms with van der Waals surface area (Å²) in [5.41, 5.74) is 0. The van der Waals surface area contributed by atoms with Crippen LogP contribution in [0, 0.1) is 29.6 Å². The van der Waals surface area contributed by atoms with E-state index in [-0.39, 0.29) is 5.92 Å². The second-order valence-corrected chi connectivity index (χ2v) is 7.96. The molecule has 2 saturated carbocycles. The van der Waals surface area contributed by atoms with Crippen LogP contribution in [0.15, 0.2) is 12.2 Å². The Hall–Kier alpha value is -0.950. The van der Waals surface area contributed by atoms with Gasteiger partial charge in [-0.25, -0.2) is 0 Å². The molecule has 2 rings (SSSR count). The van der Waals surface area contributed by atoms with E-state index in [0.29, 0.717) is 31.6 Å². The van der Waals surface area contributed by atoms with Crippen LogP contribution in [0.3, 0.4) is 0 Å². The van der Waals surface area contributed by atoms with Gasteiger partial charge >= 0.3 is 6.36 Å². The van der Waals surface area contributed by atoms with E-state index in [2.05, 4.69) is 29.6 Å². The predicted molar refractivity (Wildman–Crippen MR) is 99.4 cm³/mol. The van der Waals surface area contributed by atoms with Crippen LogP contribution in [-0.4, -0.2) is 12.5 Å². The van der Waals surface area contributed by atoms with Crippen molar-refractivity contribution in [1.29, 1.82) is 0 Å². The Bertz CT molecular complexity index is 470. The van der Waals surface area contributed by atoms with Crippen molar-refractivity contribution in [2.24, 2.45) is 17.8 Å².